The Morgan fingerprint density at radius 1 is 0.475 bits per heavy atom. The van der Waals surface area contributed by atoms with Crippen LogP contribution in [0.1, 0.15) is 121 Å². The van der Waals surface area contributed by atoms with Crippen molar-refractivity contribution in [2.24, 2.45) is 11.3 Å². The maximum absolute atomic E-state index is 13.9. The van der Waals surface area contributed by atoms with Crippen molar-refractivity contribution in [3.8, 4) is 67.5 Å². The molecule has 25 nitrogen and oxygen atoms in total. The fourth-order valence-electron chi connectivity index (χ4n) is 13.6. The number of anilines is 4. The maximum Gasteiger partial charge on any atom is 0.222 e. The van der Waals surface area contributed by atoms with Gasteiger partial charge in [0, 0.05) is 181 Å². The number of ether oxygens (including phenoxy) is 6. The number of hydrogen-bond donors (Lipinski definition) is 5. The van der Waals surface area contributed by atoms with Gasteiger partial charge < -0.3 is 61.4 Å². The van der Waals surface area contributed by atoms with Crippen molar-refractivity contribution in [3.05, 3.63) is 233 Å². The second kappa shape index (κ2) is 40.2. The highest BCUT2D eigenvalue weighted by atomic mass is 35.5. The van der Waals surface area contributed by atoms with Gasteiger partial charge in [-0.15, -0.1) is 0 Å². The van der Waals surface area contributed by atoms with Crippen molar-refractivity contribution in [3.63, 3.8) is 0 Å². The molecule has 8 aromatic heterocycles. The second-order valence-electron chi connectivity index (χ2n) is 30.4. The molecule has 9 N–H and O–H groups in total. The normalized spacial score (nSPS) is 14.9. The number of hydrogen-bond acceptors (Lipinski definition) is 20. The predicted molar refractivity (Wildman–Crippen MR) is 466 cm³/mol. The minimum Gasteiger partial charge on any atom is -0.482 e. The van der Waals surface area contributed by atoms with Crippen molar-refractivity contribution in [1.29, 1.82) is 0 Å². The molecular formula is C85H87Cl8F4N17O8. The van der Waals surface area contributed by atoms with Crippen molar-refractivity contribution >= 4 is 122 Å². The van der Waals surface area contributed by atoms with Gasteiger partial charge in [-0.3, -0.25) is 23.5 Å². The number of likely N-dealkylation sites (tertiary alicyclic amines) is 1. The van der Waals surface area contributed by atoms with Gasteiger partial charge in [0.25, 0.3) is 0 Å². The van der Waals surface area contributed by atoms with Crippen molar-refractivity contribution < 1.29 is 55.9 Å². The van der Waals surface area contributed by atoms with E-state index in [9.17, 15) is 27.5 Å². The number of carbonyl (C=O) groups is 1. The van der Waals surface area contributed by atoms with E-state index in [1.54, 1.807) is 131 Å². The molecule has 122 heavy (non-hydrogen) atoms. The van der Waals surface area contributed by atoms with Crippen LogP contribution in [0.5, 0.6) is 23.0 Å². The molecule has 0 saturated carbocycles. The lowest BCUT2D eigenvalue weighted by molar-refractivity contribution is -0.127. The summed E-state index contributed by atoms with van der Waals surface area (Å²) < 4.78 is 97.3. The number of nitrogen functional groups attached to an aromatic ring is 4. The van der Waals surface area contributed by atoms with Crippen LogP contribution in [0, 0.1) is 34.6 Å². The number of aromatic nitrogens is 12. The molecule has 0 aliphatic carbocycles. The number of nitrogens with zero attached hydrogens (tertiary/aromatic N) is 13. The zero-order valence-electron chi connectivity index (χ0n) is 67.1. The molecule has 11 heterocycles. The molecule has 3 saturated heterocycles. The van der Waals surface area contributed by atoms with Crippen molar-refractivity contribution in [2.45, 2.75) is 130 Å². The first-order chi connectivity index (χ1) is 58.1. The first kappa shape index (κ1) is 91.3. The third kappa shape index (κ3) is 22.9. The number of pyridine rings is 4. The Morgan fingerprint density at radius 2 is 0.803 bits per heavy atom. The van der Waals surface area contributed by atoms with E-state index in [1.807, 2.05) is 32.9 Å². The van der Waals surface area contributed by atoms with E-state index < -0.39 is 53.3 Å². The molecule has 4 unspecified atom stereocenters. The van der Waals surface area contributed by atoms with E-state index in [4.69, 9.17) is 144 Å². The third-order valence-corrected chi connectivity index (χ3v) is 23.0. The number of aliphatic hydroxyl groups is 1. The number of nitrogens with two attached hydrogens (primary N) is 4. The average molecular weight is 1830 g/mol. The fourth-order valence-corrected chi connectivity index (χ4v) is 16.3. The molecule has 644 valence electrons. The smallest absolute Gasteiger partial charge is 0.222 e. The number of rotatable bonds is 25. The minimum atomic E-state index is -0.893. The van der Waals surface area contributed by atoms with Gasteiger partial charge in [-0.25, -0.2) is 37.5 Å². The van der Waals surface area contributed by atoms with Gasteiger partial charge in [-0.1, -0.05) is 99.7 Å². The molecule has 3 aliphatic rings. The zero-order valence-corrected chi connectivity index (χ0v) is 73.2. The van der Waals surface area contributed by atoms with Gasteiger partial charge in [0.1, 0.15) is 47.7 Å². The predicted octanol–water partition coefficient (Wildman–Crippen LogP) is 20.3. The van der Waals surface area contributed by atoms with Gasteiger partial charge in [0.15, 0.2) is 46.3 Å². The van der Waals surface area contributed by atoms with E-state index in [1.165, 1.54) is 48.5 Å². The maximum atomic E-state index is 13.9. The van der Waals surface area contributed by atoms with Crippen molar-refractivity contribution in [2.75, 3.05) is 62.5 Å². The summed E-state index contributed by atoms with van der Waals surface area (Å²) >= 11 is 49.2. The molecule has 0 spiro atoms. The summed E-state index contributed by atoms with van der Waals surface area (Å²) in [5.74, 6) is 0.584. The number of amides is 1. The van der Waals surface area contributed by atoms with Gasteiger partial charge in [0.2, 0.25) is 5.91 Å². The first-order valence-corrected chi connectivity index (χ1v) is 41.6. The number of benzene rings is 4. The summed E-state index contributed by atoms with van der Waals surface area (Å²) in [6.07, 6.45) is 22.1. The summed E-state index contributed by atoms with van der Waals surface area (Å²) in [6, 6.07) is 17.6. The average Bonchev–Trinajstić information content (AvgIpc) is 1.33. The molecule has 0 bridgehead atoms. The molecule has 0 radical (unpaired) electrons. The summed E-state index contributed by atoms with van der Waals surface area (Å²) in [7, 11) is 0. The summed E-state index contributed by atoms with van der Waals surface area (Å²) in [5.41, 5.74) is 31.0. The van der Waals surface area contributed by atoms with Gasteiger partial charge >= 0.3 is 0 Å². The molecule has 37 heteroatoms. The minimum absolute atomic E-state index is 0.0722. The quantitative estimate of drug-likeness (QED) is 0.0262. The molecule has 3 fully saturated rings. The highest BCUT2D eigenvalue weighted by Crippen LogP contribution is 2.43. The molecule has 3 aliphatic heterocycles. The topological polar surface area (TPSA) is 323 Å². The van der Waals surface area contributed by atoms with Crippen LogP contribution in [0.4, 0.5) is 40.8 Å². The standard InChI is InChI=1S/C22H22Cl2FN5O2.C22H23Cl2FN4O2.C21H21Cl2FN4O2.C20H21Cl2FN4O2/c1-13(20-16(23)4-5-17(25)21(20)24)32-18-9-14(10-27-22(18)26)15-11-28-30(12-15)8-7-29-6-2-3-19(29)31;1-13(20-17(23)2-3-18(25)21(20)24)31-19-8-15(9-27-22(19)26)16-10-28-29(12-16)11-14-4-6-30-7-5-14;1-12(18-15(22)3-4-16(24)19(18)23)30-17-5-13(6-26-20(17)25)14-7-27-28(8-14)9-21(2)10-29-11-21;1-11(17-14(21)4-5-15(23)18(17)22)29-16-6-12(7-25-19(16)24)13-8-26-27(9-13)10-20(2,3)28/h4-5,9-13H,2-3,6-8H2,1H3,(H2,26,27);2-3,8-10,12-14H,4-7,11H2,1H3,(H2,26,27);3-8,12H,9-11H2,1-2H3,(H2,25,26);4-9,11,28H,10H2,1-3H3,(H2,24,25). The van der Waals surface area contributed by atoms with E-state index in [2.05, 4.69) is 47.3 Å². The van der Waals surface area contributed by atoms with E-state index in [0.717, 1.165) is 110 Å². The lowest BCUT2D eigenvalue weighted by atomic mass is 9.89. The SMILES string of the molecule is CC(Oc1cc(-c2cnn(CC(C)(C)O)c2)cnc1N)c1c(Cl)ccc(F)c1Cl.CC(Oc1cc(-c2cnn(CC3(C)COC3)c2)cnc1N)c1c(Cl)ccc(F)c1Cl.CC(Oc1cc(-c2cnn(CC3CCOCC3)c2)cnc1N)c1c(Cl)ccc(F)c1Cl.CC(Oc1cc(-c2cnn(CCN3CCCC3=O)c2)cnc1N)c1c(Cl)ccc(F)c1Cl. The van der Waals surface area contributed by atoms with Gasteiger partial charge in [-0.05, 0) is 140 Å². The van der Waals surface area contributed by atoms with E-state index >= 15 is 0 Å². The molecule has 12 aromatic rings. The molecule has 4 atom stereocenters. The van der Waals surface area contributed by atoms with Crippen LogP contribution in [0.15, 0.2) is 147 Å². The molecular weight excluding hydrogens is 1750 g/mol. The Labute approximate surface area is 741 Å². The summed E-state index contributed by atoms with van der Waals surface area (Å²) in [5, 5.41) is 28.4. The summed E-state index contributed by atoms with van der Waals surface area (Å²) in [4.78, 5) is 30.5. The molecule has 4 aromatic carbocycles. The Morgan fingerprint density at radius 3 is 1.14 bits per heavy atom. The number of halogens is 12. The highest BCUT2D eigenvalue weighted by Gasteiger charge is 2.35. The third-order valence-electron chi connectivity index (χ3n) is 20.1. The Hall–Kier alpha value is -9.89. The molecule has 1 amide bonds. The van der Waals surface area contributed by atoms with Crippen LogP contribution in [0.25, 0.3) is 44.5 Å². The zero-order chi connectivity index (χ0) is 87.6. The second-order valence-corrected chi connectivity index (χ2v) is 33.6. The number of carbonyl (C=O) groups excluding carboxylic acids is 1. The van der Waals surface area contributed by atoms with Crippen LogP contribution in [-0.2, 0) is 40.4 Å². The Balaban J connectivity index is 0.000000149. The highest BCUT2D eigenvalue weighted by molar-refractivity contribution is 6.38. The van der Waals surface area contributed by atoms with E-state index in [0.29, 0.717) is 97.3 Å². The fraction of sp³-hybridized carbons (Fsp3) is 0.329. The van der Waals surface area contributed by atoms with Crippen molar-refractivity contribution in [1.82, 2.24) is 64.0 Å². The lowest BCUT2D eigenvalue weighted by Crippen LogP contribution is -2.43. The largest absolute Gasteiger partial charge is 0.482 e. The summed E-state index contributed by atoms with van der Waals surface area (Å²) in [6.45, 7) is 19.5. The van der Waals surface area contributed by atoms with Gasteiger partial charge in [-0.2, -0.15) is 20.4 Å². The Kier molecular flexibility index (Phi) is 30.1. The van der Waals surface area contributed by atoms with Gasteiger partial charge in [0.05, 0.1) is 83.3 Å². The van der Waals surface area contributed by atoms with Crippen LogP contribution >= 0.6 is 92.8 Å². The van der Waals surface area contributed by atoms with Crippen LogP contribution in [0.3, 0.4) is 0 Å². The monoisotopic (exact) mass is 1830 g/mol. The van der Waals surface area contributed by atoms with Crippen LogP contribution in [-0.4, -0.2) is 120 Å². The first-order valence-electron chi connectivity index (χ1n) is 38.6. The lowest BCUT2D eigenvalue weighted by Gasteiger charge is -2.37. The van der Waals surface area contributed by atoms with E-state index in [-0.39, 0.29) is 54.7 Å². The Bertz CT molecular complexity index is 5710. The van der Waals surface area contributed by atoms with Crippen LogP contribution in [0.2, 0.25) is 40.2 Å². The molecule has 15 rings (SSSR count). The van der Waals surface area contributed by atoms with Crippen LogP contribution < -0.4 is 41.9 Å².